The van der Waals surface area contributed by atoms with Crippen molar-refractivity contribution in [3.05, 3.63) is 29.6 Å². The van der Waals surface area contributed by atoms with E-state index in [0.29, 0.717) is 18.0 Å². The molecule has 0 heterocycles. The Kier molecular flexibility index (Phi) is 5.98. The van der Waals surface area contributed by atoms with Crippen molar-refractivity contribution in [1.29, 1.82) is 0 Å². The molecule has 0 saturated carbocycles. The topological polar surface area (TPSA) is 21.3 Å². The van der Waals surface area contributed by atoms with Crippen LogP contribution < -0.4 is 10.1 Å². The van der Waals surface area contributed by atoms with Crippen LogP contribution in [0, 0.1) is 11.7 Å². The quantitative estimate of drug-likeness (QED) is 0.813. The van der Waals surface area contributed by atoms with E-state index in [9.17, 15) is 13.2 Å². The van der Waals surface area contributed by atoms with Crippen LogP contribution in [0.1, 0.15) is 19.4 Å². The normalized spacial score (nSPS) is 11.3. The Labute approximate surface area is 105 Å². The third-order valence-corrected chi connectivity index (χ3v) is 2.19. The maximum Gasteiger partial charge on any atom is 0.272 e. The van der Waals surface area contributed by atoms with Crippen molar-refractivity contribution in [2.24, 2.45) is 5.92 Å². The third kappa shape index (κ3) is 5.91. The molecule has 0 fully saturated rings. The number of halogens is 3. The van der Waals surface area contributed by atoms with Gasteiger partial charge in [-0.05, 0) is 30.2 Å². The van der Waals surface area contributed by atoms with Gasteiger partial charge in [0.05, 0.1) is 0 Å². The molecule has 0 aliphatic carbocycles. The van der Waals surface area contributed by atoms with Gasteiger partial charge in [-0.1, -0.05) is 13.8 Å². The first-order valence-electron chi connectivity index (χ1n) is 5.88. The molecule has 1 aromatic rings. The van der Waals surface area contributed by atoms with Crippen LogP contribution in [-0.2, 0) is 6.54 Å². The van der Waals surface area contributed by atoms with Gasteiger partial charge < -0.3 is 10.1 Å². The molecule has 1 aromatic carbocycles. The standard InChI is InChI=1S/C13H18F3NO/c1-9(2)6-17-7-10-3-11(14)5-12(4-10)18-8-13(15)16/h3-5,9,13,17H,6-8H2,1-2H3. The van der Waals surface area contributed by atoms with Crippen molar-refractivity contribution in [3.63, 3.8) is 0 Å². The van der Waals surface area contributed by atoms with Crippen LogP contribution in [-0.4, -0.2) is 19.6 Å². The van der Waals surface area contributed by atoms with Crippen molar-refractivity contribution in [3.8, 4) is 5.75 Å². The molecule has 0 unspecified atom stereocenters. The van der Waals surface area contributed by atoms with Gasteiger partial charge in [0.2, 0.25) is 0 Å². The van der Waals surface area contributed by atoms with E-state index < -0.39 is 18.8 Å². The van der Waals surface area contributed by atoms with Gasteiger partial charge in [0.15, 0.2) is 0 Å². The second kappa shape index (κ2) is 7.26. The van der Waals surface area contributed by atoms with E-state index in [1.54, 1.807) is 6.07 Å². The molecule has 102 valence electrons. The first-order chi connectivity index (χ1) is 8.47. The van der Waals surface area contributed by atoms with Crippen LogP contribution in [0.25, 0.3) is 0 Å². The van der Waals surface area contributed by atoms with Gasteiger partial charge in [0, 0.05) is 12.6 Å². The van der Waals surface area contributed by atoms with Crippen molar-refractivity contribution in [2.75, 3.05) is 13.2 Å². The molecular formula is C13H18F3NO. The minimum atomic E-state index is -2.56. The Balaban J connectivity index is 2.57. The Bertz CT molecular complexity index is 369. The molecule has 0 atom stereocenters. The third-order valence-electron chi connectivity index (χ3n) is 2.19. The summed E-state index contributed by atoms with van der Waals surface area (Å²) in [7, 11) is 0. The number of nitrogens with one attached hydrogen (secondary N) is 1. The van der Waals surface area contributed by atoms with E-state index in [1.165, 1.54) is 6.07 Å². The predicted octanol–water partition coefficient (Wildman–Crippen LogP) is 3.22. The SMILES string of the molecule is CC(C)CNCc1cc(F)cc(OCC(F)F)c1. The fourth-order valence-electron chi connectivity index (χ4n) is 1.47. The Morgan fingerprint density at radius 3 is 2.56 bits per heavy atom. The average Bonchev–Trinajstić information content (AvgIpc) is 2.25. The Hall–Kier alpha value is -1.23. The summed E-state index contributed by atoms with van der Waals surface area (Å²) in [5, 5.41) is 3.15. The van der Waals surface area contributed by atoms with Crippen molar-refractivity contribution in [2.45, 2.75) is 26.8 Å². The molecule has 0 aromatic heterocycles. The molecule has 1 rings (SSSR count). The summed E-state index contributed by atoms with van der Waals surface area (Å²) in [6, 6.07) is 4.04. The molecule has 0 aliphatic heterocycles. The van der Waals surface area contributed by atoms with Crippen LogP contribution in [0.15, 0.2) is 18.2 Å². The zero-order chi connectivity index (χ0) is 13.5. The van der Waals surface area contributed by atoms with Crippen LogP contribution in [0.2, 0.25) is 0 Å². The minimum Gasteiger partial charge on any atom is -0.488 e. The van der Waals surface area contributed by atoms with Crippen molar-refractivity contribution >= 4 is 0 Å². The van der Waals surface area contributed by atoms with Gasteiger partial charge in [-0.2, -0.15) is 0 Å². The number of benzene rings is 1. The molecule has 0 spiro atoms. The van der Waals surface area contributed by atoms with E-state index in [0.717, 1.165) is 12.6 Å². The highest BCUT2D eigenvalue weighted by Crippen LogP contribution is 2.17. The first kappa shape index (κ1) is 14.8. The molecule has 0 bridgehead atoms. The molecular weight excluding hydrogens is 243 g/mol. The Morgan fingerprint density at radius 2 is 1.94 bits per heavy atom. The number of ether oxygens (including phenoxy) is 1. The lowest BCUT2D eigenvalue weighted by molar-refractivity contribution is 0.0817. The average molecular weight is 261 g/mol. The number of hydrogen-bond donors (Lipinski definition) is 1. The van der Waals surface area contributed by atoms with Gasteiger partial charge >= 0.3 is 0 Å². The van der Waals surface area contributed by atoms with Crippen LogP contribution in [0.4, 0.5) is 13.2 Å². The fraction of sp³-hybridized carbons (Fsp3) is 0.538. The molecule has 18 heavy (non-hydrogen) atoms. The summed E-state index contributed by atoms with van der Waals surface area (Å²) in [6.45, 7) is 4.71. The molecule has 2 nitrogen and oxygen atoms in total. The zero-order valence-corrected chi connectivity index (χ0v) is 10.6. The minimum absolute atomic E-state index is 0.136. The van der Waals surface area contributed by atoms with Crippen molar-refractivity contribution in [1.82, 2.24) is 5.32 Å². The van der Waals surface area contributed by atoms with E-state index in [-0.39, 0.29) is 5.75 Å². The second-order valence-corrected chi connectivity index (χ2v) is 4.52. The molecule has 0 amide bonds. The number of rotatable bonds is 7. The van der Waals surface area contributed by atoms with Gasteiger partial charge in [0.1, 0.15) is 18.2 Å². The van der Waals surface area contributed by atoms with E-state index >= 15 is 0 Å². The molecule has 0 saturated heterocycles. The highest BCUT2D eigenvalue weighted by atomic mass is 19.3. The highest BCUT2D eigenvalue weighted by molar-refractivity contribution is 5.29. The van der Waals surface area contributed by atoms with Crippen LogP contribution >= 0.6 is 0 Å². The molecule has 0 aliphatic rings. The smallest absolute Gasteiger partial charge is 0.272 e. The monoisotopic (exact) mass is 261 g/mol. The zero-order valence-electron chi connectivity index (χ0n) is 10.6. The summed E-state index contributed by atoms with van der Waals surface area (Å²) in [4.78, 5) is 0. The summed E-state index contributed by atoms with van der Waals surface area (Å²) in [5.74, 6) is 0.146. The summed E-state index contributed by atoms with van der Waals surface area (Å²) in [5.41, 5.74) is 0.680. The highest BCUT2D eigenvalue weighted by Gasteiger charge is 2.06. The Morgan fingerprint density at radius 1 is 1.22 bits per heavy atom. The lowest BCUT2D eigenvalue weighted by Gasteiger charge is -2.10. The summed E-state index contributed by atoms with van der Waals surface area (Å²) in [6.07, 6.45) is -2.56. The summed E-state index contributed by atoms with van der Waals surface area (Å²) >= 11 is 0. The van der Waals surface area contributed by atoms with E-state index in [1.807, 2.05) is 0 Å². The predicted molar refractivity (Wildman–Crippen MR) is 64.4 cm³/mol. The summed E-state index contributed by atoms with van der Waals surface area (Å²) < 4.78 is 42.0. The van der Waals surface area contributed by atoms with Gasteiger partial charge in [-0.25, -0.2) is 13.2 Å². The molecule has 1 N–H and O–H groups in total. The van der Waals surface area contributed by atoms with Gasteiger partial charge in [0.25, 0.3) is 6.43 Å². The maximum absolute atomic E-state index is 13.2. The fourth-order valence-corrected chi connectivity index (χ4v) is 1.47. The van der Waals surface area contributed by atoms with E-state index in [2.05, 4.69) is 19.2 Å². The van der Waals surface area contributed by atoms with Gasteiger partial charge in [-0.3, -0.25) is 0 Å². The second-order valence-electron chi connectivity index (χ2n) is 4.52. The number of alkyl halides is 2. The first-order valence-corrected chi connectivity index (χ1v) is 5.88. The lowest BCUT2D eigenvalue weighted by atomic mass is 10.2. The molecule has 5 heteroatoms. The van der Waals surface area contributed by atoms with Gasteiger partial charge in [-0.15, -0.1) is 0 Å². The van der Waals surface area contributed by atoms with Crippen molar-refractivity contribution < 1.29 is 17.9 Å². The van der Waals surface area contributed by atoms with Crippen LogP contribution in [0.5, 0.6) is 5.75 Å². The van der Waals surface area contributed by atoms with E-state index in [4.69, 9.17) is 4.74 Å². The lowest BCUT2D eigenvalue weighted by Crippen LogP contribution is -2.19. The largest absolute Gasteiger partial charge is 0.488 e. The molecule has 0 radical (unpaired) electrons. The number of hydrogen-bond acceptors (Lipinski definition) is 2. The maximum atomic E-state index is 13.2. The van der Waals surface area contributed by atoms with Crippen LogP contribution in [0.3, 0.4) is 0 Å².